The van der Waals surface area contributed by atoms with E-state index in [4.69, 9.17) is 4.42 Å². The summed E-state index contributed by atoms with van der Waals surface area (Å²) < 4.78 is 5.30. The monoisotopic (exact) mass is 216 g/mol. The fourth-order valence-corrected chi connectivity index (χ4v) is 1.61. The van der Waals surface area contributed by atoms with Gasteiger partial charge >= 0.3 is 0 Å². The molecule has 1 N–H and O–H groups in total. The summed E-state index contributed by atoms with van der Waals surface area (Å²) in [5, 5.41) is 10.2. The van der Waals surface area contributed by atoms with Crippen LogP contribution in [0, 0.1) is 0 Å². The van der Waals surface area contributed by atoms with Gasteiger partial charge in [-0.1, -0.05) is 18.2 Å². The molecule has 1 atom stereocenters. The third-order valence-corrected chi connectivity index (χ3v) is 2.46. The van der Waals surface area contributed by atoms with Gasteiger partial charge in [0, 0.05) is 0 Å². The first-order chi connectivity index (χ1) is 7.74. The molecule has 1 heterocycles. The molecule has 3 nitrogen and oxygen atoms in total. The first kappa shape index (κ1) is 10.6. The Morgan fingerprint density at radius 1 is 1.44 bits per heavy atom. The van der Waals surface area contributed by atoms with Crippen LogP contribution in [-0.2, 0) is 0 Å². The highest BCUT2D eigenvalue weighted by Gasteiger charge is 2.13. The molecular weight excluding hydrogens is 204 g/mol. The Balaban J connectivity index is 2.61. The van der Waals surface area contributed by atoms with Crippen LogP contribution in [0.15, 0.2) is 52.4 Å². The lowest BCUT2D eigenvalue weighted by molar-refractivity contribution is 0.178. The average molecular weight is 216 g/mol. The topological polar surface area (TPSA) is 50.4 Å². The predicted molar refractivity (Wildman–Crippen MR) is 62.3 cm³/mol. The second-order valence-electron chi connectivity index (χ2n) is 3.56. The van der Waals surface area contributed by atoms with E-state index in [9.17, 15) is 9.90 Å². The molecule has 0 aliphatic heterocycles. The lowest BCUT2D eigenvalue weighted by Gasteiger charge is -2.07. The zero-order chi connectivity index (χ0) is 11.5. The van der Waals surface area contributed by atoms with E-state index in [0.717, 1.165) is 0 Å². The Labute approximate surface area is 92.6 Å². The third kappa shape index (κ3) is 1.77. The molecular formula is C13H12O3. The molecule has 0 aliphatic rings. The molecule has 0 radical (unpaired) electrons. The van der Waals surface area contributed by atoms with Crippen LogP contribution in [0.3, 0.4) is 0 Å². The summed E-state index contributed by atoms with van der Waals surface area (Å²) in [5.41, 5.74) is 0.622. The van der Waals surface area contributed by atoms with Gasteiger partial charge in [-0.15, -0.1) is 6.58 Å². The first-order valence-electron chi connectivity index (χ1n) is 5.03. The second kappa shape index (κ2) is 4.33. The van der Waals surface area contributed by atoms with Crippen LogP contribution in [0.4, 0.5) is 0 Å². The van der Waals surface area contributed by atoms with Crippen molar-refractivity contribution in [2.75, 3.05) is 0 Å². The summed E-state index contributed by atoms with van der Waals surface area (Å²) in [6, 6.07) is 6.97. The van der Waals surface area contributed by atoms with Gasteiger partial charge in [-0.25, -0.2) is 0 Å². The maximum absolute atomic E-state index is 12.0. The van der Waals surface area contributed by atoms with E-state index >= 15 is 0 Å². The fraction of sp³-hybridized carbons (Fsp3) is 0.154. The molecule has 2 rings (SSSR count). The van der Waals surface area contributed by atoms with Crippen LogP contribution in [0.2, 0.25) is 0 Å². The van der Waals surface area contributed by atoms with Crippen molar-refractivity contribution >= 4 is 11.0 Å². The van der Waals surface area contributed by atoms with E-state index in [1.54, 1.807) is 30.3 Å². The summed E-state index contributed by atoms with van der Waals surface area (Å²) in [6.45, 7) is 3.53. The minimum Gasteiger partial charge on any atom is -0.464 e. The highest BCUT2D eigenvalue weighted by Crippen LogP contribution is 2.17. The molecule has 1 aromatic heterocycles. The lowest BCUT2D eigenvalue weighted by Crippen LogP contribution is -2.12. The normalized spacial score (nSPS) is 12.6. The van der Waals surface area contributed by atoms with Gasteiger partial charge in [0.15, 0.2) is 5.43 Å². The van der Waals surface area contributed by atoms with Crippen molar-refractivity contribution in [2.24, 2.45) is 0 Å². The fourth-order valence-electron chi connectivity index (χ4n) is 1.61. The summed E-state index contributed by atoms with van der Waals surface area (Å²) >= 11 is 0. The standard InChI is InChI=1S/C13H12O3/c1-2-5-11(14)10-8-16-12-7-4-3-6-9(12)13(10)15/h2-4,6-8,11,14H,1,5H2/t11-/m0/s1. The van der Waals surface area contributed by atoms with Gasteiger partial charge in [0.05, 0.1) is 17.1 Å². The van der Waals surface area contributed by atoms with Crippen molar-refractivity contribution in [1.82, 2.24) is 0 Å². The number of benzene rings is 1. The van der Waals surface area contributed by atoms with E-state index in [-0.39, 0.29) is 11.0 Å². The number of hydrogen-bond acceptors (Lipinski definition) is 3. The number of aliphatic hydroxyl groups excluding tert-OH is 1. The van der Waals surface area contributed by atoms with Crippen molar-refractivity contribution in [3.8, 4) is 0 Å². The number of para-hydroxylation sites is 1. The van der Waals surface area contributed by atoms with Gasteiger partial charge in [-0.05, 0) is 18.6 Å². The summed E-state index contributed by atoms with van der Waals surface area (Å²) in [4.78, 5) is 12.0. The molecule has 3 heteroatoms. The lowest BCUT2D eigenvalue weighted by atomic mass is 10.1. The third-order valence-electron chi connectivity index (χ3n) is 2.46. The van der Waals surface area contributed by atoms with Crippen molar-refractivity contribution in [3.05, 3.63) is 59.0 Å². The van der Waals surface area contributed by atoms with Crippen LogP contribution in [0.25, 0.3) is 11.0 Å². The summed E-state index contributed by atoms with van der Waals surface area (Å²) in [5.74, 6) is 0. The van der Waals surface area contributed by atoms with Crippen LogP contribution in [0.1, 0.15) is 18.1 Å². The molecule has 0 saturated heterocycles. The SMILES string of the molecule is C=CC[C@H](O)c1coc2ccccc2c1=O. The maximum Gasteiger partial charge on any atom is 0.198 e. The van der Waals surface area contributed by atoms with Gasteiger partial charge in [-0.3, -0.25) is 4.79 Å². The van der Waals surface area contributed by atoms with E-state index in [0.29, 0.717) is 17.4 Å². The quantitative estimate of drug-likeness (QED) is 0.801. The Bertz CT molecular complexity index is 569. The van der Waals surface area contributed by atoms with Crippen LogP contribution < -0.4 is 5.43 Å². The Kier molecular flexibility index (Phi) is 2.88. The van der Waals surface area contributed by atoms with E-state index in [2.05, 4.69) is 6.58 Å². The van der Waals surface area contributed by atoms with Gasteiger partial charge in [-0.2, -0.15) is 0 Å². The zero-order valence-corrected chi connectivity index (χ0v) is 8.72. The van der Waals surface area contributed by atoms with Gasteiger partial charge in [0.1, 0.15) is 11.8 Å². The molecule has 0 saturated carbocycles. The summed E-state index contributed by atoms with van der Waals surface area (Å²) in [6.07, 6.45) is 2.37. The largest absolute Gasteiger partial charge is 0.464 e. The average Bonchev–Trinajstić information content (AvgIpc) is 2.30. The van der Waals surface area contributed by atoms with E-state index in [1.807, 2.05) is 0 Å². The van der Waals surface area contributed by atoms with E-state index in [1.165, 1.54) is 6.26 Å². The van der Waals surface area contributed by atoms with Crippen molar-refractivity contribution in [2.45, 2.75) is 12.5 Å². The van der Waals surface area contributed by atoms with E-state index < -0.39 is 6.10 Å². The van der Waals surface area contributed by atoms with Crippen molar-refractivity contribution < 1.29 is 9.52 Å². The number of aliphatic hydroxyl groups is 1. The number of rotatable bonds is 3. The Morgan fingerprint density at radius 3 is 2.94 bits per heavy atom. The second-order valence-corrected chi connectivity index (χ2v) is 3.56. The Hall–Kier alpha value is -1.87. The van der Waals surface area contributed by atoms with Gasteiger partial charge in [0.2, 0.25) is 0 Å². The maximum atomic E-state index is 12.0. The number of fused-ring (bicyclic) bond motifs is 1. The molecule has 0 amide bonds. The highest BCUT2D eigenvalue weighted by atomic mass is 16.3. The molecule has 0 fully saturated rings. The Morgan fingerprint density at radius 2 is 2.19 bits per heavy atom. The van der Waals surface area contributed by atoms with Crippen molar-refractivity contribution in [1.29, 1.82) is 0 Å². The molecule has 0 spiro atoms. The minimum absolute atomic E-state index is 0.184. The first-order valence-corrected chi connectivity index (χ1v) is 5.03. The molecule has 1 aromatic carbocycles. The molecule has 16 heavy (non-hydrogen) atoms. The number of hydrogen-bond donors (Lipinski definition) is 1. The van der Waals surface area contributed by atoms with Crippen LogP contribution >= 0.6 is 0 Å². The van der Waals surface area contributed by atoms with Gasteiger partial charge < -0.3 is 9.52 Å². The molecule has 0 aliphatic carbocycles. The minimum atomic E-state index is -0.849. The van der Waals surface area contributed by atoms with Crippen LogP contribution in [0.5, 0.6) is 0 Å². The molecule has 0 bridgehead atoms. The molecule has 0 unspecified atom stereocenters. The smallest absolute Gasteiger partial charge is 0.198 e. The molecule has 2 aromatic rings. The summed E-state index contributed by atoms with van der Waals surface area (Å²) in [7, 11) is 0. The van der Waals surface area contributed by atoms with Crippen molar-refractivity contribution in [3.63, 3.8) is 0 Å². The predicted octanol–water partition coefficient (Wildman–Crippen LogP) is 2.40. The van der Waals surface area contributed by atoms with Crippen LogP contribution in [-0.4, -0.2) is 5.11 Å². The zero-order valence-electron chi connectivity index (χ0n) is 8.72. The molecule has 82 valence electrons. The highest BCUT2D eigenvalue weighted by molar-refractivity contribution is 5.76. The van der Waals surface area contributed by atoms with Gasteiger partial charge in [0.25, 0.3) is 0 Å².